The molecule has 92 valence electrons. The average Bonchev–Trinajstić information content (AvgIpc) is 2.37. The number of esters is 1. The molecular weight excluding hydrogens is 222 g/mol. The number of carbonyl (C=O) groups is 1. The minimum Gasteiger partial charge on any atom is -0.496 e. The van der Waals surface area contributed by atoms with Crippen LogP contribution in [0.2, 0.25) is 0 Å². The molecule has 0 bridgehead atoms. The van der Waals surface area contributed by atoms with Crippen molar-refractivity contribution in [1.82, 2.24) is 0 Å². The molecular formula is C12H15NO4. The molecule has 1 aromatic rings. The van der Waals surface area contributed by atoms with E-state index in [0.717, 1.165) is 5.56 Å². The lowest BCUT2D eigenvalue weighted by molar-refractivity contribution is 0.0600. The first-order valence-electron chi connectivity index (χ1n) is 5.05. The van der Waals surface area contributed by atoms with Crippen molar-refractivity contribution in [2.24, 2.45) is 5.16 Å². The van der Waals surface area contributed by atoms with Gasteiger partial charge in [0.15, 0.2) is 0 Å². The van der Waals surface area contributed by atoms with E-state index in [9.17, 15) is 4.79 Å². The van der Waals surface area contributed by atoms with Gasteiger partial charge in [0.25, 0.3) is 0 Å². The lowest BCUT2D eigenvalue weighted by Gasteiger charge is -2.09. The number of hydrogen-bond acceptors (Lipinski definition) is 5. The van der Waals surface area contributed by atoms with Crippen molar-refractivity contribution in [1.29, 1.82) is 0 Å². The molecule has 0 saturated carbocycles. The Morgan fingerprint density at radius 3 is 2.65 bits per heavy atom. The van der Waals surface area contributed by atoms with E-state index in [2.05, 4.69) is 9.89 Å². The molecule has 0 unspecified atom stereocenters. The molecule has 0 aliphatic carbocycles. The van der Waals surface area contributed by atoms with Crippen molar-refractivity contribution < 1.29 is 19.5 Å². The number of nitrogens with zero attached hydrogens (tertiary/aromatic N) is 1. The molecule has 0 aliphatic heterocycles. The van der Waals surface area contributed by atoms with Crippen LogP contribution in [0.4, 0.5) is 0 Å². The van der Waals surface area contributed by atoms with Crippen LogP contribution >= 0.6 is 0 Å². The lowest BCUT2D eigenvalue weighted by Crippen LogP contribution is -2.05. The molecule has 5 nitrogen and oxygen atoms in total. The largest absolute Gasteiger partial charge is 0.496 e. The fourth-order valence-electron chi connectivity index (χ4n) is 1.45. The fourth-order valence-corrected chi connectivity index (χ4v) is 1.45. The molecule has 0 atom stereocenters. The van der Waals surface area contributed by atoms with E-state index in [-0.39, 0.29) is 0 Å². The maximum Gasteiger partial charge on any atom is 0.337 e. The van der Waals surface area contributed by atoms with Crippen molar-refractivity contribution in [2.75, 3.05) is 14.2 Å². The summed E-state index contributed by atoms with van der Waals surface area (Å²) in [4.78, 5) is 11.3. The molecule has 1 rings (SSSR count). The van der Waals surface area contributed by atoms with Gasteiger partial charge in [0.2, 0.25) is 0 Å². The molecule has 0 aliphatic rings. The first kappa shape index (κ1) is 13.0. The number of carbonyl (C=O) groups excluding carboxylic acids is 1. The zero-order valence-corrected chi connectivity index (χ0v) is 10.1. The standard InChI is InChI=1S/C12H15NO4/c1-8(13-15)6-9-4-5-10(12(14)17-3)7-11(9)16-2/h4-5,7,15H,6H2,1-3H3/b13-8+. The van der Waals surface area contributed by atoms with E-state index in [1.807, 2.05) is 0 Å². The predicted molar refractivity (Wildman–Crippen MR) is 62.9 cm³/mol. The topological polar surface area (TPSA) is 68.1 Å². The number of hydrogen-bond donors (Lipinski definition) is 1. The highest BCUT2D eigenvalue weighted by molar-refractivity contribution is 5.90. The molecule has 5 heteroatoms. The number of methoxy groups -OCH3 is 2. The van der Waals surface area contributed by atoms with Gasteiger partial charge in [-0.05, 0) is 24.6 Å². The van der Waals surface area contributed by atoms with Crippen LogP contribution in [0.25, 0.3) is 0 Å². The van der Waals surface area contributed by atoms with Gasteiger partial charge in [0.1, 0.15) is 5.75 Å². The number of rotatable bonds is 4. The maximum absolute atomic E-state index is 11.3. The van der Waals surface area contributed by atoms with Crippen molar-refractivity contribution in [2.45, 2.75) is 13.3 Å². The molecule has 0 aromatic heterocycles. The zero-order chi connectivity index (χ0) is 12.8. The van der Waals surface area contributed by atoms with Gasteiger partial charge in [-0.15, -0.1) is 0 Å². The lowest BCUT2D eigenvalue weighted by atomic mass is 10.1. The van der Waals surface area contributed by atoms with Crippen molar-refractivity contribution >= 4 is 11.7 Å². The third-order valence-electron chi connectivity index (χ3n) is 2.33. The van der Waals surface area contributed by atoms with Crippen LogP contribution in [0.15, 0.2) is 23.4 Å². The van der Waals surface area contributed by atoms with Gasteiger partial charge >= 0.3 is 5.97 Å². The van der Waals surface area contributed by atoms with E-state index < -0.39 is 5.97 Å². The zero-order valence-electron chi connectivity index (χ0n) is 10.1. The van der Waals surface area contributed by atoms with Crippen LogP contribution in [0.5, 0.6) is 5.75 Å². The second kappa shape index (κ2) is 5.89. The molecule has 0 fully saturated rings. The highest BCUT2D eigenvalue weighted by Gasteiger charge is 2.11. The SMILES string of the molecule is COC(=O)c1ccc(C/C(C)=N/O)c(OC)c1. The van der Waals surface area contributed by atoms with Gasteiger partial charge < -0.3 is 14.7 Å². The molecule has 1 N–H and O–H groups in total. The van der Waals surface area contributed by atoms with E-state index in [1.54, 1.807) is 25.1 Å². The van der Waals surface area contributed by atoms with Gasteiger partial charge in [0, 0.05) is 6.42 Å². The summed E-state index contributed by atoms with van der Waals surface area (Å²) in [5, 5.41) is 11.7. The van der Waals surface area contributed by atoms with Crippen LogP contribution in [-0.2, 0) is 11.2 Å². The third-order valence-corrected chi connectivity index (χ3v) is 2.33. The number of oxime groups is 1. The Hall–Kier alpha value is -2.04. The van der Waals surface area contributed by atoms with Gasteiger partial charge in [-0.2, -0.15) is 0 Å². The van der Waals surface area contributed by atoms with Crippen molar-refractivity contribution in [3.05, 3.63) is 29.3 Å². The molecule has 0 saturated heterocycles. The predicted octanol–water partition coefficient (Wildman–Crippen LogP) is 1.87. The minimum absolute atomic E-state index is 0.414. The second-order valence-electron chi connectivity index (χ2n) is 3.53. The molecule has 0 spiro atoms. The first-order valence-corrected chi connectivity index (χ1v) is 5.05. The molecule has 0 amide bonds. The quantitative estimate of drug-likeness (QED) is 0.375. The van der Waals surface area contributed by atoms with E-state index in [1.165, 1.54) is 14.2 Å². The number of benzene rings is 1. The van der Waals surface area contributed by atoms with E-state index in [0.29, 0.717) is 23.4 Å². The fraction of sp³-hybridized carbons (Fsp3) is 0.333. The van der Waals surface area contributed by atoms with Gasteiger partial charge in [0.05, 0.1) is 25.5 Å². The smallest absolute Gasteiger partial charge is 0.337 e. The van der Waals surface area contributed by atoms with Crippen molar-refractivity contribution in [3.63, 3.8) is 0 Å². The van der Waals surface area contributed by atoms with Crippen LogP contribution in [-0.4, -0.2) is 31.1 Å². The van der Waals surface area contributed by atoms with Gasteiger partial charge in [-0.3, -0.25) is 0 Å². The van der Waals surface area contributed by atoms with Crippen LogP contribution in [0, 0.1) is 0 Å². The maximum atomic E-state index is 11.3. The molecule has 17 heavy (non-hydrogen) atoms. The summed E-state index contributed by atoms with van der Waals surface area (Å²) < 4.78 is 9.80. The normalized spacial score (nSPS) is 11.1. The Morgan fingerprint density at radius 1 is 1.41 bits per heavy atom. The molecule has 0 radical (unpaired) electrons. The summed E-state index contributed by atoms with van der Waals surface area (Å²) in [5.74, 6) is 0.151. The molecule has 0 heterocycles. The van der Waals surface area contributed by atoms with Crippen molar-refractivity contribution in [3.8, 4) is 5.75 Å². The highest BCUT2D eigenvalue weighted by Crippen LogP contribution is 2.21. The third kappa shape index (κ3) is 3.21. The Kier molecular flexibility index (Phi) is 4.51. The summed E-state index contributed by atoms with van der Waals surface area (Å²) >= 11 is 0. The Labute approximate surface area is 99.7 Å². The highest BCUT2D eigenvalue weighted by atomic mass is 16.5. The number of ether oxygens (including phenoxy) is 2. The van der Waals surface area contributed by atoms with Crippen LogP contribution < -0.4 is 4.74 Å². The van der Waals surface area contributed by atoms with Crippen LogP contribution in [0.1, 0.15) is 22.8 Å². The van der Waals surface area contributed by atoms with Crippen LogP contribution in [0.3, 0.4) is 0 Å². The Bertz CT molecular complexity index is 440. The summed E-state index contributed by atoms with van der Waals surface area (Å²) in [7, 11) is 2.84. The average molecular weight is 237 g/mol. The monoisotopic (exact) mass is 237 g/mol. The van der Waals surface area contributed by atoms with Gasteiger partial charge in [-0.25, -0.2) is 4.79 Å². The summed E-state index contributed by atoms with van der Waals surface area (Å²) in [6.07, 6.45) is 0.459. The summed E-state index contributed by atoms with van der Waals surface area (Å²) in [5.41, 5.74) is 1.83. The van der Waals surface area contributed by atoms with Gasteiger partial charge in [-0.1, -0.05) is 11.2 Å². The van der Waals surface area contributed by atoms with E-state index >= 15 is 0 Å². The van der Waals surface area contributed by atoms with E-state index in [4.69, 9.17) is 9.94 Å². The first-order chi connectivity index (χ1) is 8.12. The second-order valence-corrected chi connectivity index (χ2v) is 3.53. The Balaban J connectivity index is 3.05. The molecule has 1 aromatic carbocycles. The Morgan fingerprint density at radius 2 is 2.12 bits per heavy atom. The summed E-state index contributed by atoms with van der Waals surface area (Å²) in [6.45, 7) is 1.70. The minimum atomic E-state index is -0.414. The summed E-state index contributed by atoms with van der Waals surface area (Å²) in [6, 6.07) is 5.00.